The molecule has 1 aromatic carbocycles. The second kappa shape index (κ2) is 5.61. The minimum Gasteiger partial charge on any atom is -0.267 e. The van der Waals surface area contributed by atoms with Crippen molar-refractivity contribution in [2.45, 2.75) is 13.8 Å². The Balaban J connectivity index is 2.21. The summed E-state index contributed by atoms with van der Waals surface area (Å²) in [5, 5.41) is 5.80. The van der Waals surface area contributed by atoms with Crippen molar-refractivity contribution in [1.82, 2.24) is 9.55 Å². The van der Waals surface area contributed by atoms with Crippen LogP contribution < -0.4 is 5.56 Å². The van der Waals surface area contributed by atoms with Gasteiger partial charge < -0.3 is 0 Å². The number of benzene rings is 1. The van der Waals surface area contributed by atoms with Crippen molar-refractivity contribution in [3.05, 3.63) is 61.9 Å². The van der Waals surface area contributed by atoms with Gasteiger partial charge >= 0.3 is 0 Å². The Morgan fingerprint density at radius 2 is 1.95 bits per heavy atom. The molecule has 6 nitrogen and oxygen atoms in total. The Hall–Kier alpha value is -2.67. The molecule has 0 N–H and O–H groups in total. The lowest BCUT2D eigenvalue weighted by atomic mass is 10.2. The Kier molecular flexibility index (Phi) is 3.64. The molecule has 0 spiro atoms. The summed E-state index contributed by atoms with van der Waals surface area (Å²) >= 11 is 1.26. The lowest BCUT2D eigenvalue weighted by Crippen LogP contribution is -2.17. The predicted octanol–water partition coefficient (Wildman–Crippen LogP) is 3.16. The van der Waals surface area contributed by atoms with Gasteiger partial charge in [-0.15, -0.1) is 21.3 Å². The average molecular weight is 312 g/mol. The van der Waals surface area contributed by atoms with Gasteiger partial charge in [0.05, 0.1) is 27.6 Å². The van der Waals surface area contributed by atoms with E-state index in [0.29, 0.717) is 15.1 Å². The zero-order valence-electron chi connectivity index (χ0n) is 12.0. The smallest absolute Gasteiger partial charge is 0.267 e. The molecule has 0 saturated heterocycles. The van der Waals surface area contributed by atoms with E-state index in [0.717, 1.165) is 16.8 Å². The molecule has 110 valence electrons. The second-order valence-electron chi connectivity index (χ2n) is 4.85. The van der Waals surface area contributed by atoms with Crippen LogP contribution in [0.3, 0.4) is 0 Å². The molecule has 0 aliphatic carbocycles. The summed E-state index contributed by atoms with van der Waals surface area (Å²) in [4.78, 5) is 27.9. The SMILES string of the molecule is Cc1ccc(-n2cnc3c(C)c(/C=N\N=O)sc3c2=O)cc1. The number of fused-ring (bicyclic) bond motifs is 1. The van der Waals surface area contributed by atoms with E-state index >= 15 is 0 Å². The fourth-order valence-corrected chi connectivity index (χ4v) is 3.25. The molecule has 0 aliphatic rings. The van der Waals surface area contributed by atoms with Gasteiger partial charge in [-0.1, -0.05) is 17.7 Å². The van der Waals surface area contributed by atoms with Crippen LogP contribution in [0.15, 0.2) is 45.8 Å². The monoisotopic (exact) mass is 312 g/mol. The summed E-state index contributed by atoms with van der Waals surface area (Å²) in [7, 11) is 0. The quantitative estimate of drug-likeness (QED) is 0.423. The normalized spacial score (nSPS) is 11.4. The van der Waals surface area contributed by atoms with E-state index in [1.165, 1.54) is 28.4 Å². The Morgan fingerprint density at radius 1 is 1.23 bits per heavy atom. The molecule has 0 radical (unpaired) electrons. The third kappa shape index (κ3) is 2.35. The van der Waals surface area contributed by atoms with Crippen LogP contribution in [0.2, 0.25) is 0 Å². The van der Waals surface area contributed by atoms with Gasteiger partial charge in [-0.3, -0.25) is 9.36 Å². The summed E-state index contributed by atoms with van der Waals surface area (Å²) in [5.74, 6) is 0. The molecule has 7 heteroatoms. The number of hydrogen-bond donors (Lipinski definition) is 0. The van der Waals surface area contributed by atoms with Crippen LogP contribution in [-0.4, -0.2) is 15.8 Å². The molecule has 0 bridgehead atoms. The van der Waals surface area contributed by atoms with Crippen molar-refractivity contribution in [2.24, 2.45) is 10.4 Å². The van der Waals surface area contributed by atoms with Crippen LogP contribution in [0.25, 0.3) is 15.9 Å². The van der Waals surface area contributed by atoms with E-state index in [2.05, 4.69) is 15.4 Å². The number of nitroso groups, excluding NO2 is 1. The molecule has 3 rings (SSSR count). The number of thiophene rings is 1. The van der Waals surface area contributed by atoms with E-state index in [4.69, 9.17) is 0 Å². The van der Waals surface area contributed by atoms with E-state index in [1.54, 1.807) is 0 Å². The van der Waals surface area contributed by atoms with Gasteiger partial charge in [-0.2, -0.15) is 0 Å². The van der Waals surface area contributed by atoms with Gasteiger partial charge in [0.2, 0.25) is 0 Å². The van der Waals surface area contributed by atoms with Gasteiger partial charge in [0.15, 0.2) is 0 Å². The first-order valence-electron chi connectivity index (χ1n) is 6.55. The maximum atomic E-state index is 12.7. The first kappa shape index (κ1) is 14.3. The van der Waals surface area contributed by atoms with Crippen molar-refractivity contribution in [2.75, 3.05) is 0 Å². The Labute approximate surface area is 129 Å². The topological polar surface area (TPSA) is 76.7 Å². The first-order valence-corrected chi connectivity index (χ1v) is 7.37. The van der Waals surface area contributed by atoms with E-state index < -0.39 is 0 Å². The molecule has 2 aromatic heterocycles. The van der Waals surface area contributed by atoms with Crippen LogP contribution in [0.5, 0.6) is 0 Å². The van der Waals surface area contributed by atoms with E-state index in [9.17, 15) is 9.70 Å². The van der Waals surface area contributed by atoms with Gasteiger partial charge in [0.1, 0.15) is 11.0 Å². The first-order chi connectivity index (χ1) is 10.6. The minimum absolute atomic E-state index is 0.138. The molecule has 3 aromatic rings. The zero-order valence-corrected chi connectivity index (χ0v) is 12.8. The van der Waals surface area contributed by atoms with E-state index in [1.807, 2.05) is 38.1 Å². The van der Waals surface area contributed by atoms with Crippen LogP contribution in [0.1, 0.15) is 16.0 Å². The van der Waals surface area contributed by atoms with Crippen molar-refractivity contribution in [3.63, 3.8) is 0 Å². The number of nitrogens with zero attached hydrogens (tertiary/aromatic N) is 4. The number of hydrogen-bond acceptors (Lipinski definition) is 5. The third-order valence-corrected chi connectivity index (χ3v) is 4.61. The van der Waals surface area contributed by atoms with Gasteiger partial charge in [0.25, 0.3) is 5.56 Å². The van der Waals surface area contributed by atoms with Crippen molar-refractivity contribution in [1.29, 1.82) is 0 Å². The van der Waals surface area contributed by atoms with Gasteiger partial charge in [-0.25, -0.2) is 4.98 Å². The highest BCUT2D eigenvalue weighted by Crippen LogP contribution is 2.25. The Morgan fingerprint density at radius 3 is 2.64 bits per heavy atom. The third-order valence-electron chi connectivity index (χ3n) is 3.40. The summed E-state index contributed by atoms with van der Waals surface area (Å²) < 4.78 is 2.05. The molecule has 2 heterocycles. The molecular formula is C15H12N4O2S. The van der Waals surface area contributed by atoms with E-state index in [-0.39, 0.29) is 5.56 Å². The van der Waals surface area contributed by atoms with Crippen LogP contribution >= 0.6 is 11.3 Å². The summed E-state index contributed by atoms with van der Waals surface area (Å²) in [6, 6.07) is 7.64. The summed E-state index contributed by atoms with van der Waals surface area (Å²) in [5.41, 5.74) is 3.20. The summed E-state index contributed by atoms with van der Waals surface area (Å²) in [6.07, 6.45) is 2.87. The van der Waals surface area contributed by atoms with Gasteiger partial charge in [0, 0.05) is 0 Å². The standard InChI is InChI=1S/C15H12N4O2S/c1-9-3-5-11(6-4-9)19-8-16-13-10(2)12(7-17-18-21)22-14(13)15(19)20/h3-8H,1-2H3/b17-7-. The maximum absolute atomic E-state index is 12.7. The summed E-state index contributed by atoms with van der Waals surface area (Å²) in [6.45, 7) is 3.83. The molecule has 0 amide bonds. The molecule has 0 aliphatic heterocycles. The van der Waals surface area contributed by atoms with Crippen molar-refractivity contribution < 1.29 is 0 Å². The zero-order chi connectivity index (χ0) is 15.7. The second-order valence-corrected chi connectivity index (χ2v) is 5.90. The number of aromatic nitrogens is 2. The molecule has 0 atom stereocenters. The van der Waals surface area contributed by atoms with Crippen molar-refractivity contribution >= 4 is 27.8 Å². The average Bonchev–Trinajstić information content (AvgIpc) is 2.84. The van der Waals surface area contributed by atoms with Crippen LogP contribution in [-0.2, 0) is 0 Å². The fraction of sp³-hybridized carbons (Fsp3) is 0.133. The van der Waals surface area contributed by atoms with Gasteiger partial charge in [-0.05, 0) is 31.5 Å². The van der Waals surface area contributed by atoms with Crippen molar-refractivity contribution in [3.8, 4) is 5.69 Å². The molecule has 0 saturated carbocycles. The Bertz CT molecular complexity index is 939. The highest BCUT2D eigenvalue weighted by molar-refractivity contribution is 7.20. The lowest BCUT2D eigenvalue weighted by Gasteiger charge is -2.05. The van der Waals surface area contributed by atoms with Crippen LogP contribution in [0, 0.1) is 18.8 Å². The predicted molar refractivity (Wildman–Crippen MR) is 88.1 cm³/mol. The molecule has 0 fully saturated rings. The number of rotatable bonds is 3. The highest BCUT2D eigenvalue weighted by atomic mass is 32.1. The lowest BCUT2D eigenvalue weighted by molar-refractivity contribution is 0.965. The molecule has 22 heavy (non-hydrogen) atoms. The largest absolute Gasteiger partial charge is 0.275 e. The van der Waals surface area contributed by atoms with Crippen LogP contribution in [0.4, 0.5) is 0 Å². The fourth-order valence-electron chi connectivity index (χ4n) is 2.19. The highest BCUT2D eigenvalue weighted by Gasteiger charge is 2.13. The number of aryl methyl sites for hydroxylation is 2. The molecule has 0 unspecified atom stereocenters. The minimum atomic E-state index is -0.138. The maximum Gasteiger partial charge on any atom is 0.275 e. The molecular weight excluding hydrogens is 300 g/mol.